The first kappa shape index (κ1) is 15.7. The molecular formula is C17H19Br2N. The molecule has 0 fully saturated rings. The van der Waals surface area contributed by atoms with Gasteiger partial charge in [0, 0.05) is 21.5 Å². The molecule has 3 heteroatoms. The van der Waals surface area contributed by atoms with Gasteiger partial charge in [0.05, 0.1) is 0 Å². The maximum Gasteiger partial charge on any atom is 0.0323 e. The van der Waals surface area contributed by atoms with Crippen LogP contribution in [0.1, 0.15) is 36.9 Å². The maximum atomic E-state index is 3.66. The van der Waals surface area contributed by atoms with E-state index in [0.29, 0.717) is 6.04 Å². The molecule has 0 aliphatic carbocycles. The molecule has 106 valence electrons. The van der Waals surface area contributed by atoms with Crippen LogP contribution in [0.4, 0.5) is 0 Å². The second-order valence-corrected chi connectivity index (χ2v) is 6.59. The summed E-state index contributed by atoms with van der Waals surface area (Å²) >= 11 is 7.06. The quantitative estimate of drug-likeness (QED) is 0.646. The van der Waals surface area contributed by atoms with E-state index in [9.17, 15) is 0 Å². The number of benzene rings is 2. The van der Waals surface area contributed by atoms with Crippen LogP contribution in [0, 0.1) is 0 Å². The third-order valence-corrected chi connectivity index (χ3v) is 5.20. The fraction of sp³-hybridized carbons (Fsp3) is 0.294. The molecule has 2 aromatic carbocycles. The zero-order valence-electron chi connectivity index (χ0n) is 11.6. The minimum absolute atomic E-state index is 0.420. The normalized spacial score (nSPS) is 12.3. The van der Waals surface area contributed by atoms with Gasteiger partial charge in [-0.05, 0) is 61.5 Å². The molecule has 0 saturated heterocycles. The van der Waals surface area contributed by atoms with Crippen LogP contribution in [0.25, 0.3) is 0 Å². The zero-order chi connectivity index (χ0) is 14.4. The summed E-state index contributed by atoms with van der Waals surface area (Å²) in [6.07, 6.45) is 2.33. The number of halogens is 2. The SMILES string of the molecule is CCCC(NCc1ccc(Br)c(Br)c1)c1ccccc1. The molecule has 0 saturated carbocycles. The predicted octanol–water partition coefficient (Wildman–Crippen LogP) is 5.84. The summed E-state index contributed by atoms with van der Waals surface area (Å²) in [5, 5.41) is 3.66. The van der Waals surface area contributed by atoms with Gasteiger partial charge in [-0.1, -0.05) is 49.7 Å². The average molecular weight is 397 g/mol. The summed E-state index contributed by atoms with van der Waals surface area (Å²) in [6.45, 7) is 3.11. The Bertz CT molecular complexity index is 540. The zero-order valence-corrected chi connectivity index (χ0v) is 14.7. The van der Waals surface area contributed by atoms with Crippen LogP contribution >= 0.6 is 31.9 Å². The van der Waals surface area contributed by atoms with Gasteiger partial charge in [-0.25, -0.2) is 0 Å². The molecular weight excluding hydrogens is 378 g/mol. The van der Waals surface area contributed by atoms with Gasteiger partial charge in [0.1, 0.15) is 0 Å². The number of nitrogens with one attached hydrogen (secondary N) is 1. The van der Waals surface area contributed by atoms with Crippen LogP contribution in [0.5, 0.6) is 0 Å². The summed E-state index contributed by atoms with van der Waals surface area (Å²) in [6, 6.07) is 17.5. The average Bonchev–Trinajstić information content (AvgIpc) is 2.48. The highest BCUT2D eigenvalue weighted by molar-refractivity contribution is 9.13. The molecule has 2 aromatic rings. The van der Waals surface area contributed by atoms with E-state index < -0.39 is 0 Å². The molecule has 2 rings (SSSR count). The largest absolute Gasteiger partial charge is 0.306 e. The van der Waals surface area contributed by atoms with Crippen molar-refractivity contribution >= 4 is 31.9 Å². The van der Waals surface area contributed by atoms with Gasteiger partial charge in [0.25, 0.3) is 0 Å². The molecule has 0 amide bonds. The van der Waals surface area contributed by atoms with E-state index >= 15 is 0 Å². The molecule has 0 heterocycles. The standard InChI is InChI=1S/C17H19Br2N/c1-2-6-17(14-7-4-3-5-8-14)20-12-13-9-10-15(18)16(19)11-13/h3-5,7-11,17,20H,2,6,12H2,1H3. The van der Waals surface area contributed by atoms with Gasteiger partial charge < -0.3 is 5.32 Å². The highest BCUT2D eigenvalue weighted by atomic mass is 79.9. The minimum Gasteiger partial charge on any atom is -0.306 e. The van der Waals surface area contributed by atoms with Gasteiger partial charge in [-0.2, -0.15) is 0 Å². The van der Waals surface area contributed by atoms with Crippen molar-refractivity contribution in [2.45, 2.75) is 32.4 Å². The first-order chi connectivity index (χ1) is 9.70. The summed E-state index contributed by atoms with van der Waals surface area (Å²) < 4.78 is 2.19. The van der Waals surface area contributed by atoms with Gasteiger partial charge in [0.15, 0.2) is 0 Å². The lowest BCUT2D eigenvalue weighted by molar-refractivity contribution is 0.493. The molecule has 20 heavy (non-hydrogen) atoms. The van der Waals surface area contributed by atoms with E-state index in [1.54, 1.807) is 0 Å². The highest BCUT2D eigenvalue weighted by Gasteiger charge is 2.09. The number of hydrogen-bond acceptors (Lipinski definition) is 1. The van der Waals surface area contributed by atoms with E-state index in [1.165, 1.54) is 17.5 Å². The Morgan fingerprint density at radius 2 is 1.75 bits per heavy atom. The van der Waals surface area contributed by atoms with Gasteiger partial charge in [-0.3, -0.25) is 0 Å². The molecule has 0 aliphatic rings. The lowest BCUT2D eigenvalue weighted by Crippen LogP contribution is -2.20. The topological polar surface area (TPSA) is 12.0 Å². The van der Waals surface area contributed by atoms with E-state index in [1.807, 2.05) is 0 Å². The summed E-state index contributed by atoms with van der Waals surface area (Å²) in [4.78, 5) is 0. The predicted molar refractivity (Wildman–Crippen MR) is 92.8 cm³/mol. The molecule has 0 spiro atoms. The monoisotopic (exact) mass is 395 g/mol. The Kier molecular flexibility index (Phi) is 6.27. The first-order valence-electron chi connectivity index (χ1n) is 6.93. The Hall–Kier alpha value is -0.640. The van der Waals surface area contributed by atoms with Crippen molar-refractivity contribution in [2.75, 3.05) is 0 Å². The van der Waals surface area contributed by atoms with Gasteiger partial charge in [0.2, 0.25) is 0 Å². The molecule has 1 N–H and O–H groups in total. The molecule has 0 aliphatic heterocycles. The van der Waals surface area contributed by atoms with Crippen molar-refractivity contribution in [3.8, 4) is 0 Å². The van der Waals surface area contributed by atoms with Crippen molar-refractivity contribution in [1.29, 1.82) is 0 Å². The second kappa shape index (κ2) is 7.96. The van der Waals surface area contributed by atoms with E-state index in [-0.39, 0.29) is 0 Å². The maximum absolute atomic E-state index is 3.66. The van der Waals surface area contributed by atoms with Crippen LogP contribution in [-0.2, 0) is 6.54 Å². The van der Waals surface area contributed by atoms with Crippen molar-refractivity contribution in [2.24, 2.45) is 0 Å². The highest BCUT2D eigenvalue weighted by Crippen LogP contribution is 2.24. The van der Waals surface area contributed by atoms with E-state index in [4.69, 9.17) is 0 Å². The van der Waals surface area contributed by atoms with E-state index in [2.05, 4.69) is 92.6 Å². The Balaban J connectivity index is 2.03. The Morgan fingerprint density at radius 1 is 1.00 bits per heavy atom. The molecule has 1 atom stereocenters. The lowest BCUT2D eigenvalue weighted by atomic mass is 10.0. The third kappa shape index (κ3) is 4.44. The summed E-state index contributed by atoms with van der Waals surface area (Å²) in [5.74, 6) is 0. The first-order valence-corrected chi connectivity index (χ1v) is 8.51. The summed E-state index contributed by atoms with van der Waals surface area (Å²) in [7, 11) is 0. The fourth-order valence-electron chi connectivity index (χ4n) is 2.25. The molecule has 1 nitrogen and oxygen atoms in total. The lowest BCUT2D eigenvalue weighted by Gasteiger charge is -2.19. The van der Waals surface area contributed by atoms with Crippen molar-refractivity contribution < 1.29 is 0 Å². The van der Waals surface area contributed by atoms with Crippen molar-refractivity contribution in [3.63, 3.8) is 0 Å². The summed E-state index contributed by atoms with van der Waals surface area (Å²) in [5.41, 5.74) is 2.66. The number of hydrogen-bond donors (Lipinski definition) is 1. The van der Waals surface area contributed by atoms with Crippen LogP contribution in [-0.4, -0.2) is 0 Å². The van der Waals surface area contributed by atoms with Crippen LogP contribution in [0.15, 0.2) is 57.5 Å². The third-order valence-electron chi connectivity index (χ3n) is 3.32. The second-order valence-electron chi connectivity index (χ2n) is 4.88. The van der Waals surface area contributed by atoms with Gasteiger partial charge >= 0.3 is 0 Å². The molecule has 0 aromatic heterocycles. The van der Waals surface area contributed by atoms with E-state index in [0.717, 1.165) is 21.9 Å². The van der Waals surface area contributed by atoms with Crippen molar-refractivity contribution in [1.82, 2.24) is 5.32 Å². The van der Waals surface area contributed by atoms with Crippen LogP contribution in [0.2, 0.25) is 0 Å². The van der Waals surface area contributed by atoms with Gasteiger partial charge in [-0.15, -0.1) is 0 Å². The smallest absolute Gasteiger partial charge is 0.0323 e. The molecule has 0 radical (unpaired) electrons. The minimum atomic E-state index is 0.420. The molecule has 1 unspecified atom stereocenters. The van der Waals surface area contributed by atoms with Crippen molar-refractivity contribution in [3.05, 3.63) is 68.6 Å². The van der Waals surface area contributed by atoms with Crippen LogP contribution in [0.3, 0.4) is 0 Å². The molecule has 0 bridgehead atoms. The Labute approximate surface area is 138 Å². The number of rotatable bonds is 6. The Morgan fingerprint density at radius 3 is 2.40 bits per heavy atom. The fourth-order valence-corrected chi connectivity index (χ4v) is 2.92. The van der Waals surface area contributed by atoms with Crippen LogP contribution < -0.4 is 5.32 Å².